The molecule has 1 aliphatic rings. The summed E-state index contributed by atoms with van der Waals surface area (Å²) in [6.45, 7) is 18.7. The molecule has 0 unspecified atom stereocenters. The SMILES string of the molecule is C[C@H](C(=O)O)C(C)(C)CNC(=O)N(CCO[Si](C)(C)C(C)(C)C)CCC1CC1. The van der Waals surface area contributed by atoms with Crippen LogP contribution in [0.2, 0.25) is 18.1 Å². The fourth-order valence-corrected chi connectivity index (χ4v) is 3.62. The second kappa shape index (κ2) is 9.61. The highest BCUT2D eigenvalue weighted by Gasteiger charge is 2.37. The molecule has 28 heavy (non-hydrogen) atoms. The molecule has 0 aromatic heterocycles. The molecule has 0 aromatic carbocycles. The number of carboxylic acid groups (broad SMARTS) is 1. The summed E-state index contributed by atoms with van der Waals surface area (Å²) in [5.74, 6) is -0.623. The van der Waals surface area contributed by atoms with E-state index < -0.39 is 25.6 Å². The van der Waals surface area contributed by atoms with E-state index in [4.69, 9.17) is 4.43 Å². The third-order valence-electron chi connectivity index (χ3n) is 6.66. The maximum atomic E-state index is 12.8. The Balaban J connectivity index is 2.62. The maximum absolute atomic E-state index is 12.8. The van der Waals surface area contributed by atoms with E-state index >= 15 is 0 Å². The van der Waals surface area contributed by atoms with Gasteiger partial charge in [0.05, 0.1) is 12.5 Å². The van der Waals surface area contributed by atoms with E-state index in [0.717, 1.165) is 18.9 Å². The van der Waals surface area contributed by atoms with Gasteiger partial charge in [0.2, 0.25) is 0 Å². The zero-order valence-electron chi connectivity index (χ0n) is 19.2. The van der Waals surface area contributed by atoms with Crippen LogP contribution in [0.3, 0.4) is 0 Å². The summed E-state index contributed by atoms with van der Waals surface area (Å²) in [5, 5.41) is 12.4. The Hall–Kier alpha value is -1.08. The molecule has 2 amide bonds. The Bertz CT molecular complexity index is 539. The first-order valence-corrected chi connectivity index (χ1v) is 13.5. The van der Waals surface area contributed by atoms with Gasteiger partial charge in [0, 0.05) is 19.6 Å². The van der Waals surface area contributed by atoms with Gasteiger partial charge in [-0.3, -0.25) is 4.79 Å². The van der Waals surface area contributed by atoms with Crippen LogP contribution in [0.5, 0.6) is 0 Å². The van der Waals surface area contributed by atoms with Crippen molar-refractivity contribution >= 4 is 20.3 Å². The highest BCUT2D eigenvalue weighted by Crippen LogP contribution is 2.36. The van der Waals surface area contributed by atoms with Gasteiger partial charge in [0.25, 0.3) is 0 Å². The van der Waals surface area contributed by atoms with Crippen molar-refractivity contribution in [3.63, 3.8) is 0 Å². The fourth-order valence-electron chi connectivity index (χ4n) is 2.59. The van der Waals surface area contributed by atoms with Crippen molar-refractivity contribution in [1.82, 2.24) is 10.2 Å². The lowest BCUT2D eigenvalue weighted by Gasteiger charge is -2.37. The number of amides is 2. The van der Waals surface area contributed by atoms with Gasteiger partial charge in [-0.25, -0.2) is 4.79 Å². The van der Waals surface area contributed by atoms with E-state index in [1.165, 1.54) is 12.8 Å². The Morgan fingerprint density at radius 1 is 1.18 bits per heavy atom. The number of aliphatic carboxylic acids is 1. The number of nitrogens with one attached hydrogen (secondary N) is 1. The zero-order valence-corrected chi connectivity index (χ0v) is 20.2. The summed E-state index contributed by atoms with van der Waals surface area (Å²) in [5.41, 5.74) is -0.513. The molecule has 1 fully saturated rings. The summed E-state index contributed by atoms with van der Waals surface area (Å²) >= 11 is 0. The first-order chi connectivity index (χ1) is 12.7. The average Bonchev–Trinajstić information content (AvgIpc) is 3.38. The minimum absolute atomic E-state index is 0.120. The quantitative estimate of drug-likeness (QED) is 0.486. The predicted molar refractivity (Wildman–Crippen MR) is 116 cm³/mol. The molecular formula is C21H42N2O4Si. The van der Waals surface area contributed by atoms with Crippen molar-refractivity contribution in [1.29, 1.82) is 0 Å². The van der Waals surface area contributed by atoms with Crippen LogP contribution in [0.25, 0.3) is 0 Å². The van der Waals surface area contributed by atoms with Crippen LogP contribution in [-0.2, 0) is 9.22 Å². The van der Waals surface area contributed by atoms with E-state index in [0.29, 0.717) is 19.7 Å². The monoisotopic (exact) mass is 414 g/mol. The van der Waals surface area contributed by atoms with E-state index in [1.807, 2.05) is 18.7 Å². The molecule has 164 valence electrons. The molecule has 6 nitrogen and oxygen atoms in total. The normalized spacial score (nSPS) is 16.6. The first-order valence-electron chi connectivity index (χ1n) is 10.6. The van der Waals surface area contributed by atoms with Gasteiger partial charge in [-0.15, -0.1) is 0 Å². The van der Waals surface area contributed by atoms with Crippen LogP contribution in [0.15, 0.2) is 0 Å². The van der Waals surface area contributed by atoms with Crippen molar-refractivity contribution in [2.45, 2.75) is 78.9 Å². The third-order valence-corrected chi connectivity index (χ3v) is 11.2. The molecule has 1 rings (SSSR count). The van der Waals surface area contributed by atoms with Gasteiger partial charge in [-0.1, -0.05) is 54.4 Å². The lowest BCUT2D eigenvalue weighted by atomic mass is 9.80. The van der Waals surface area contributed by atoms with Crippen LogP contribution in [0.1, 0.15) is 60.8 Å². The molecule has 1 atom stereocenters. The Morgan fingerprint density at radius 2 is 1.75 bits per heavy atom. The van der Waals surface area contributed by atoms with Crippen LogP contribution in [0, 0.1) is 17.3 Å². The predicted octanol–water partition coefficient (Wildman–Crippen LogP) is 4.57. The highest BCUT2D eigenvalue weighted by molar-refractivity contribution is 6.74. The van der Waals surface area contributed by atoms with Crippen molar-refractivity contribution in [3.05, 3.63) is 0 Å². The molecule has 1 saturated carbocycles. The van der Waals surface area contributed by atoms with E-state index in [2.05, 4.69) is 39.2 Å². The van der Waals surface area contributed by atoms with Crippen molar-refractivity contribution in [2.75, 3.05) is 26.2 Å². The number of carbonyl (C=O) groups excluding carboxylic acids is 1. The van der Waals surface area contributed by atoms with Crippen LogP contribution < -0.4 is 5.32 Å². The summed E-state index contributed by atoms with van der Waals surface area (Å²) in [7, 11) is -1.84. The van der Waals surface area contributed by atoms with Crippen molar-refractivity contribution in [3.8, 4) is 0 Å². The lowest BCUT2D eigenvalue weighted by molar-refractivity contribution is -0.144. The van der Waals surface area contributed by atoms with E-state index in [1.54, 1.807) is 6.92 Å². The standard InChI is InChI=1S/C21H42N2O4Si/c1-16(18(24)25)21(5,6)15-22-19(26)23(12-11-17-9-10-17)13-14-27-28(7,8)20(2,3)4/h16-17H,9-15H2,1-8H3,(H,22,26)(H,24,25)/t16-/m1/s1. The number of carboxylic acids is 1. The van der Waals surface area contributed by atoms with E-state index in [-0.39, 0.29) is 11.1 Å². The minimum Gasteiger partial charge on any atom is -0.481 e. The summed E-state index contributed by atoms with van der Waals surface area (Å²) in [4.78, 5) is 25.9. The van der Waals surface area contributed by atoms with Crippen molar-refractivity contribution < 1.29 is 19.1 Å². The van der Waals surface area contributed by atoms with Crippen LogP contribution >= 0.6 is 0 Å². The number of carbonyl (C=O) groups is 2. The minimum atomic E-state index is -1.84. The maximum Gasteiger partial charge on any atom is 0.317 e. The van der Waals surface area contributed by atoms with Gasteiger partial charge in [0.1, 0.15) is 0 Å². The second-order valence-corrected chi connectivity index (χ2v) is 15.3. The third kappa shape index (κ3) is 7.74. The molecular weight excluding hydrogens is 372 g/mol. The Morgan fingerprint density at radius 3 is 2.21 bits per heavy atom. The molecule has 1 aliphatic carbocycles. The molecule has 0 aliphatic heterocycles. The summed E-state index contributed by atoms with van der Waals surface area (Å²) in [6.07, 6.45) is 3.56. The van der Waals surface area contributed by atoms with Gasteiger partial charge >= 0.3 is 12.0 Å². The molecule has 0 radical (unpaired) electrons. The summed E-state index contributed by atoms with van der Waals surface area (Å²) in [6, 6.07) is -0.120. The second-order valence-electron chi connectivity index (χ2n) is 10.5. The van der Waals surface area contributed by atoms with Gasteiger partial charge in [-0.05, 0) is 35.9 Å². The van der Waals surface area contributed by atoms with Crippen LogP contribution in [0.4, 0.5) is 4.79 Å². The zero-order chi connectivity index (χ0) is 21.8. The number of rotatable bonds is 11. The average molecular weight is 415 g/mol. The lowest BCUT2D eigenvalue weighted by Crippen LogP contribution is -2.48. The summed E-state index contributed by atoms with van der Waals surface area (Å²) < 4.78 is 6.25. The molecule has 2 N–H and O–H groups in total. The molecule has 0 saturated heterocycles. The smallest absolute Gasteiger partial charge is 0.317 e. The topological polar surface area (TPSA) is 78.9 Å². The van der Waals surface area contributed by atoms with Crippen LogP contribution in [-0.4, -0.2) is 56.6 Å². The molecule has 0 bridgehead atoms. The highest BCUT2D eigenvalue weighted by atomic mass is 28.4. The fraction of sp³-hybridized carbons (Fsp3) is 0.905. The molecule has 7 heteroatoms. The van der Waals surface area contributed by atoms with Crippen molar-refractivity contribution in [2.24, 2.45) is 17.3 Å². The Labute approximate surface area is 172 Å². The molecule has 0 spiro atoms. The van der Waals surface area contributed by atoms with E-state index in [9.17, 15) is 14.7 Å². The van der Waals surface area contributed by atoms with Gasteiger partial charge in [0.15, 0.2) is 8.32 Å². The molecule has 0 aromatic rings. The van der Waals surface area contributed by atoms with Gasteiger partial charge < -0.3 is 19.7 Å². The number of nitrogens with zero attached hydrogens (tertiary/aromatic N) is 1. The van der Waals surface area contributed by atoms with Gasteiger partial charge in [-0.2, -0.15) is 0 Å². The number of hydrogen-bond acceptors (Lipinski definition) is 3. The molecule has 0 heterocycles. The largest absolute Gasteiger partial charge is 0.481 e. The Kier molecular flexibility index (Phi) is 8.57. The first kappa shape index (κ1) is 25.0. The number of hydrogen-bond donors (Lipinski definition) is 2. The number of urea groups is 1.